The molecule has 1 amide bonds. The van der Waals surface area contributed by atoms with Crippen LogP contribution in [0.2, 0.25) is 0 Å². The van der Waals surface area contributed by atoms with Crippen LogP contribution in [-0.2, 0) is 6.54 Å². The second-order valence-corrected chi connectivity index (χ2v) is 6.96. The lowest BCUT2D eigenvalue weighted by Crippen LogP contribution is -2.37. The van der Waals surface area contributed by atoms with Crippen molar-refractivity contribution in [1.82, 2.24) is 19.8 Å². The average molecular weight is 402 g/mol. The summed E-state index contributed by atoms with van der Waals surface area (Å²) in [4.78, 5) is 27.7. The van der Waals surface area contributed by atoms with Crippen LogP contribution in [0.3, 0.4) is 0 Å². The number of nitrogens with zero attached hydrogens (tertiary/aromatic N) is 5. The Morgan fingerprint density at radius 1 is 1.48 bits per heavy atom. The first-order chi connectivity index (χ1) is 13.9. The minimum absolute atomic E-state index is 0.0233. The summed E-state index contributed by atoms with van der Waals surface area (Å²) in [5.74, 6) is 0.332. The van der Waals surface area contributed by atoms with Gasteiger partial charge in [-0.05, 0) is 20.8 Å². The Hall–Kier alpha value is -2.78. The number of aliphatic imine (C=N–C) groups is 2. The highest BCUT2D eigenvalue weighted by molar-refractivity contribution is 6.06. The van der Waals surface area contributed by atoms with Gasteiger partial charge in [0.1, 0.15) is 17.4 Å². The zero-order chi connectivity index (χ0) is 21.6. The van der Waals surface area contributed by atoms with Gasteiger partial charge in [0.25, 0.3) is 5.91 Å². The fourth-order valence-corrected chi connectivity index (χ4v) is 3.35. The number of aromatic nitrogens is 2. The number of hydrogen-bond acceptors (Lipinski definition) is 7. The first-order valence-electron chi connectivity index (χ1n) is 9.37. The molecule has 9 nitrogen and oxygen atoms in total. The molecule has 0 aromatic carbocycles. The van der Waals surface area contributed by atoms with Crippen LogP contribution in [0, 0.1) is 5.92 Å². The summed E-state index contributed by atoms with van der Waals surface area (Å²) in [6.07, 6.45) is 3.22. The number of amides is 1. The third kappa shape index (κ3) is 4.99. The van der Waals surface area contributed by atoms with E-state index in [1.807, 2.05) is 29.6 Å². The number of rotatable bonds is 10. The number of fused-ring (bicyclic) bond motifs is 1. The summed E-state index contributed by atoms with van der Waals surface area (Å²) in [6.45, 7) is 6.27. The first kappa shape index (κ1) is 22.5. The Bertz CT molecular complexity index is 890. The van der Waals surface area contributed by atoms with Crippen molar-refractivity contribution in [3.63, 3.8) is 0 Å². The molecule has 2 rings (SSSR count). The van der Waals surface area contributed by atoms with Gasteiger partial charge in [-0.15, -0.1) is 0 Å². The molecule has 0 aliphatic rings. The number of pyridine rings is 1. The fourth-order valence-electron chi connectivity index (χ4n) is 3.35. The molecule has 0 saturated carbocycles. The van der Waals surface area contributed by atoms with E-state index in [2.05, 4.69) is 33.9 Å². The number of aliphatic hydroxyl groups is 1. The predicted octanol–water partition coefficient (Wildman–Crippen LogP) is 1.06. The van der Waals surface area contributed by atoms with Crippen molar-refractivity contribution in [2.24, 2.45) is 15.9 Å². The van der Waals surface area contributed by atoms with E-state index in [0.29, 0.717) is 23.4 Å². The molecule has 158 valence electrons. The van der Waals surface area contributed by atoms with Crippen molar-refractivity contribution in [2.75, 3.05) is 41.4 Å². The Labute approximate surface area is 171 Å². The van der Waals surface area contributed by atoms with Gasteiger partial charge in [-0.25, -0.2) is 4.98 Å². The Morgan fingerprint density at radius 2 is 2.21 bits per heavy atom. The summed E-state index contributed by atoms with van der Waals surface area (Å²) < 4.78 is 7.25. The number of ether oxygens (including phenoxy) is 1. The highest BCUT2D eigenvalue weighted by Gasteiger charge is 2.24. The van der Waals surface area contributed by atoms with Crippen molar-refractivity contribution in [2.45, 2.75) is 19.6 Å². The molecule has 0 fully saturated rings. The van der Waals surface area contributed by atoms with E-state index >= 15 is 0 Å². The number of methoxy groups -OCH3 is 1. The molecule has 0 saturated heterocycles. The van der Waals surface area contributed by atoms with E-state index in [1.165, 1.54) is 0 Å². The monoisotopic (exact) mass is 402 g/mol. The zero-order valence-electron chi connectivity index (χ0n) is 17.7. The zero-order valence-corrected chi connectivity index (χ0v) is 17.7. The lowest BCUT2D eigenvalue weighted by atomic mass is 10.0. The number of carbonyl (C=O) groups excluding carboxylic acids is 1. The molecule has 0 spiro atoms. The maximum Gasteiger partial charge on any atom is 0.255 e. The molecule has 0 aliphatic carbocycles. The van der Waals surface area contributed by atoms with Gasteiger partial charge < -0.3 is 19.7 Å². The van der Waals surface area contributed by atoms with Gasteiger partial charge in [-0.1, -0.05) is 6.92 Å². The summed E-state index contributed by atoms with van der Waals surface area (Å²) in [7, 11) is 7.23. The van der Waals surface area contributed by atoms with Crippen LogP contribution in [0.5, 0.6) is 5.75 Å². The van der Waals surface area contributed by atoms with Gasteiger partial charge in [0.2, 0.25) is 0 Å². The molecular formula is C20H30N6O3. The molecule has 29 heavy (non-hydrogen) atoms. The van der Waals surface area contributed by atoms with Crippen LogP contribution in [-0.4, -0.2) is 85.5 Å². The van der Waals surface area contributed by atoms with Gasteiger partial charge in [-0.3, -0.25) is 19.7 Å². The summed E-state index contributed by atoms with van der Waals surface area (Å²) in [6, 6.07) is 1.85. The second-order valence-electron chi connectivity index (χ2n) is 6.96. The molecule has 2 aromatic rings. The van der Waals surface area contributed by atoms with E-state index in [-0.39, 0.29) is 31.1 Å². The lowest BCUT2D eigenvalue weighted by molar-refractivity contribution is 0.0946. The molecule has 9 heteroatoms. The number of aliphatic hydroxyl groups excluding tert-OH is 1. The lowest BCUT2D eigenvalue weighted by Gasteiger charge is -2.27. The quantitative estimate of drug-likeness (QED) is 0.579. The molecule has 2 unspecified atom stereocenters. The topological polar surface area (TPSA) is 104 Å². The number of carbonyl (C=O) groups is 1. The molecule has 0 aliphatic heterocycles. The van der Waals surface area contributed by atoms with Gasteiger partial charge in [-0.2, -0.15) is 0 Å². The van der Waals surface area contributed by atoms with E-state index in [9.17, 15) is 4.79 Å². The molecular weight excluding hydrogens is 372 g/mol. The van der Waals surface area contributed by atoms with Crippen LogP contribution < -0.4 is 10.1 Å². The van der Waals surface area contributed by atoms with Crippen LogP contribution in [0.4, 0.5) is 0 Å². The SMILES string of the molecule is C=NC(C(C)C(Cn1cc(C(=O)NCCO)c2ncc(OC)cc21)=NC)N(C)C. The fraction of sp³-hybridized carbons (Fsp3) is 0.500. The van der Waals surface area contributed by atoms with Gasteiger partial charge in [0.05, 0.1) is 37.5 Å². The molecule has 2 N–H and O–H groups in total. The smallest absolute Gasteiger partial charge is 0.255 e. The summed E-state index contributed by atoms with van der Waals surface area (Å²) >= 11 is 0. The first-order valence-corrected chi connectivity index (χ1v) is 9.37. The maximum absolute atomic E-state index is 12.6. The molecule has 2 aromatic heterocycles. The third-order valence-corrected chi connectivity index (χ3v) is 4.88. The Morgan fingerprint density at radius 3 is 2.76 bits per heavy atom. The highest BCUT2D eigenvalue weighted by atomic mass is 16.5. The standard InChI is InChI=1S/C20H30N6O3/c1-13(19(22-3)25(4)5)16(21-2)12-26-11-15(20(28)23-7-8-27)18-17(26)9-14(29-6)10-24-18/h9-11,13,19,27H,3,7-8,12H2,1-2,4-6H3,(H,23,28). The number of hydrogen-bond donors (Lipinski definition) is 2. The van der Waals surface area contributed by atoms with E-state index in [0.717, 1.165) is 11.2 Å². The molecule has 0 bridgehead atoms. The van der Waals surface area contributed by atoms with Crippen LogP contribution in [0.1, 0.15) is 17.3 Å². The van der Waals surface area contributed by atoms with Crippen LogP contribution in [0.25, 0.3) is 11.0 Å². The highest BCUT2D eigenvalue weighted by Crippen LogP contribution is 2.25. The molecule has 2 atom stereocenters. The minimum Gasteiger partial charge on any atom is -0.495 e. The van der Waals surface area contributed by atoms with Crippen molar-refractivity contribution < 1.29 is 14.6 Å². The van der Waals surface area contributed by atoms with E-state index < -0.39 is 0 Å². The van der Waals surface area contributed by atoms with Crippen LogP contribution in [0.15, 0.2) is 28.4 Å². The number of nitrogens with one attached hydrogen (secondary N) is 1. The predicted molar refractivity (Wildman–Crippen MR) is 115 cm³/mol. The Balaban J connectivity index is 2.47. The summed E-state index contributed by atoms with van der Waals surface area (Å²) in [5, 5.41) is 11.7. The van der Waals surface area contributed by atoms with Gasteiger partial charge in [0, 0.05) is 37.5 Å². The van der Waals surface area contributed by atoms with Crippen molar-refractivity contribution >= 4 is 29.4 Å². The second kappa shape index (κ2) is 10.1. The normalized spacial score (nSPS) is 14.1. The summed E-state index contributed by atoms with van der Waals surface area (Å²) in [5.41, 5.74) is 2.68. The van der Waals surface area contributed by atoms with Crippen molar-refractivity contribution in [1.29, 1.82) is 0 Å². The van der Waals surface area contributed by atoms with Gasteiger partial charge in [0.15, 0.2) is 0 Å². The molecule has 2 heterocycles. The Kier molecular flexibility index (Phi) is 7.86. The average Bonchev–Trinajstić information content (AvgIpc) is 3.07. The van der Waals surface area contributed by atoms with E-state index in [1.54, 1.807) is 26.6 Å². The van der Waals surface area contributed by atoms with E-state index in [4.69, 9.17) is 9.84 Å². The van der Waals surface area contributed by atoms with Gasteiger partial charge >= 0.3 is 0 Å². The minimum atomic E-state index is -0.289. The largest absolute Gasteiger partial charge is 0.495 e. The maximum atomic E-state index is 12.6. The van der Waals surface area contributed by atoms with Crippen molar-refractivity contribution in [3.05, 3.63) is 24.0 Å². The third-order valence-electron chi connectivity index (χ3n) is 4.88. The van der Waals surface area contributed by atoms with Crippen LogP contribution >= 0.6 is 0 Å². The van der Waals surface area contributed by atoms with Crippen molar-refractivity contribution in [3.8, 4) is 5.75 Å². The molecule has 0 radical (unpaired) electrons.